The number of rotatable bonds is 28. The van der Waals surface area contributed by atoms with Gasteiger partial charge in [-0.2, -0.15) is 4.98 Å². The molecule has 23 heteroatoms. The summed E-state index contributed by atoms with van der Waals surface area (Å²) in [6, 6.07) is 18.6. The number of unbranched alkanes of at least 4 members (excludes halogenated alkanes) is 2. The lowest BCUT2D eigenvalue weighted by Crippen LogP contribution is -2.41. The van der Waals surface area contributed by atoms with Crippen LogP contribution in [0.2, 0.25) is 0 Å². The molecule has 2 aromatic heterocycles. The molecule has 0 spiro atoms. The predicted molar refractivity (Wildman–Crippen MR) is 286 cm³/mol. The molecule has 2 aliphatic rings. The predicted octanol–water partition coefficient (Wildman–Crippen LogP) is 6.04. The van der Waals surface area contributed by atoms with Crippen molar-refractivity contribution in [2.24, 2.45) is 0 Å². The van der Waals surface area contributed by atoms with Gasteiger partial charge in [0, 0.05) is 91.0 Å². The number of amides is 1. The van der Waals surface area contributed by atoms with Gasteiger partial charge >= 0.3 is 11.9 Å². The smallest absolute Gasteiger partial charge is 0.336 e. The van der Waals surface area contributed by atoms with Crippen LogP contribution in [0.5, 0.6) is 5.75 Å². The molecule has 1 atom stereocenters. The highest BCUT2D eigenvalue weighted by Gasteiger charge is 2.24. The Labute approximate surface area is 438 Å². The van der Waals surface area contributed by atoms with Crippen molar-refractivity contribution in [3.8, 4) is 28.2 Å². The highest BCUT2D eigenvalue weighted by Crippen LogP contribution is 2.42. The van der Waals surface area contributed by atoms with E-state index in [0.29, 0.717) is 91.0 Å². The number of carbonyl (C=O) groups is 5. The van der Waals surface area contributed by atoms with E-state index < -0.39 is 29.4 Å². The molecule has 1 aliphatic carbocycles. The first kappa shape index (κ1) is 55.1. The minimum Gasteiger partial charge on any atom is -0.508 e. The van der Waals surface area contributed by atoms with Gasteiger partial charge in [0.25, 0.3) is 11.5 Å². The Morgan fingerprint density at radius 3 is 2.22 bits per heavy atom. The molecule has 5 aromatic rings. The number of hydrogen-bond acceptors (Lipinski definition) is 17. The highest BCUT2D eigenvalue weighted by atomic mass is 32.1. The second-order valence-electron chi connectivity index (χ2n) is 17.5. The zero-order valence-electron chi connectivity index (χ0n) is 41.0. The van der Waals surface area contributed by atoms with Crippen LogP contribution < -0.4 is 38.0 Å². The average molecular weight is 1060 g/mol. The molecule has 0 radical (unpaired) electrons. The highest BCUT2D eigenvalue weighted by molar-refractivity contribution is 7.80. The number of aliphatic carboxylic acids is 1. The van der Waals surface area contributed by atoms with Crippen molar-refractivity contribution in [1.29, 1.82) is 0 Å². The molecule has 22 nitrogen and oxygen atoms in total. The Morgan fingerprint density at radius 1 is 0.776 bits per heavy atom. The van der Waals surface area contributed by atoms with E-state index in [-0.39, 0.29) is 113 Å². The largest absolute Gasteiger partial charge is 0.508 e. The number of nitrogens with two attached hydrogens (primary N) is 1. The number of carboxylic acid groups (broad SMARTS) is 2. The number of carbonyl (C=O) groups excluding carboxylic acids is 3. The maximum Gasteiger partial charge on any atom is 0.336 e. The summed E-state index contributed by atoms with van der Waals surface area (Å²) in [7, 11) is 0. The number of H-pyrrole nitrogens is 1. The summed E-state index contributed by atoms with van der Waals surface area (Å²) in [4.78, 5) is 101. The summed E-state index contributed by atoms with van der Waals surface area (Å²) >= 11 is 5.42. The second kappa shape index (κ2) is 26.5. The monoisotopic (exact) mass is 1060 g/mol. The summed E-state index contributed by atoms with van der Waals surface area (Å²) in [6.45, 7) is 1.94. The van der Waals surface area contributed by atoms with Crippen LogP contribution >= 0.6 is 12.2 Å². The van der Waals surface area contributed by atoms with Gasteiger partial charge in [-0.25, -0.2) is 19.6 Å². The quantitative estimate of drug-likeness (QED) is 0.0153. The van der Waals surface area contributed by atoms with E-state index in [1.54, 1.807) is 36.4 Å². The van der Waals surface area contributed by atoms with Crippen LogP contribution in [0, 0.1) is 0 Å². The molecule has 0 saturated carbocycles. The number of aromatic hydroxyl groups is 1. The van der Waals surface area contributed by atoms with Crippen LogP contribution in [0.4, 0.5) is 17.3 Å². The number of ketones is 2. The Bertz CT molecular complexity index is 3350. The van der Waals surface area contributed by atoms with Gasteiger partial charge in [-0.05, 0) is 111 Å². The summed E-state index contributed by atoms with van der Waals surface area (Å²) in [5.41, 5.74) is 8.30. The average Bonchev–Trinajstić information content (AvgIpc) is 3.39. The SMILES string of the molecule is Nc1nc2ncc(CNc3ccc(C(=O)N[C@@H](CCC(=O)CCCCOCCCCC(=O)CCOCCNC(=S)Nc4ccc(-c5c6ccc(=O)cc-6oc6cc(O)ccc56)c(C(=O)O)c4)C(=O)O)cc3)nc2c(=O)[nH]1. The van der Waals surface area contributed by atoms with Crippen LogP contribution in [0.25, 0.3) is 44.6 Å². The lowest BCUT2D eigenvalue weighted by molar-refractivity contribution is -0.139. The molecule has 0 bridgehead atoms. The molecular weight excluding hydrogens is 1000 g/mol. The topological polar surface area (TPSA) is 340 Å². The number of fused-ring (bicyclic) bond motifs is 3. The molecule has 0 saturated heterocycles. The molecule has 7 rings (SSSR count). The van der Waals surface area contributed by atoms with E-state index in [1.807, 2.05) is 0 Å². The number of Topliss-reactive ketones (excluding diaryl/α,β-unsaturated/α-hetero) is 2. The number of aromatic amines is 1. The standard InChI is InChI=1S/C53H55N9O13S/c54-52-61-47-46(49(68)62-52)58-33(29-57-47)28-56-31-9-7-30(8-10-31)48(67)60-42(51(71)72)18-14-34(63)5-1-3-21-73-22-4-2-6-35(64)19-23-74-24-20-55-53(76)59-32-11-15-38(41(25-32)50(69)70)45-39-16-12-36(65)26-43(39)75-44-27-37(66)13-17-40(44)45/h7-13,15-17,25-27,29,42,56,65H,1-6,14,18-24,28H2,(H,60,67)(H,69,70)(H,71,72)(H2,55,59,76)(H3,54,57,61,62,68)/t42-/m0/s1. The zero-order valence-corrected chi connectivity index (χ0v) is 41.8. The van der Waals surface area contributed by atoms with Crippen molar-refractivity contribution in [2.45, 2.75) is 70.4 Å². The van der Waals surface area contributed by atoms with Crippen molar-refractivity contribution in [3.05, 3.63) is 122 Å². The number of benzene rings is 4. The van der Waals surface area contributed by atoms with Gasteiger partial charge in [0.2, 0.25) is 5.95 Å². The summed E-state index contributed by atoms with van der Waals surface area (Å²) in [6.07, 6.45) is 4.78. The van der Waals surface area contributed by atoms with Gasteiger partial charge < -0.3 is 56.2 Å². The van der Waals surface area contributed by atoms with Crippen molar-refractivity contribution in [1.82, 2.24) is 30.6 Å². The number of nitrogens with one attached hydrogen (secondary N) is 5. The normalized spacial score (nSPS) is 11.6. The molecule has 3 heterocycles. The van der Waals surface area contributed by atoms with Gasteiger partial charge in [0.15, 0.2) is 21.7 Å². The molecule has 0 unspecified atom stereocenters. The number of carboxylic acids is 2. The number of aromatic nitrogens is 4. The number of aromatic carboxylic acids is 1. The molecule has 0 fully saturated rings. The Balaban J connectivity index is 0.704. The maximum absolute atomic E-state index is 12.9. The summed E-state index contributed by atoms with van der Waals surface area (Å²) in [5, 5.41) is 42.4. The molecule has 10 N–H and O–H groups in total. The van der Waals surface area contributed by atoms with Gasteiger partial charge in [-0.15, -0.1) is 0 Å². The second-order valence-corrected chi connectivity index (χ2v) is 18.0. The minimum absolute atomic E-state index is 0.0162. The van der Waals surface area contributed by atoms with E-state index >= 15 is 0 Å². The van der Waals surface area contributed by atoms with E-state index in [0.717, 1.165) is 0 Å². The van der Waals surface area contributed by atoms with Crippen LogP contribution in [0.1, 0.15) is 84.2 Å². The molecule has 1 amide bonds. The van der Waals surface area contributed by atoms with Crippen LogP contribution in [-0.4, -0.2) is 109 Å². The molecule has 3 aromatic carbocycles. The van der Waals surface area contributed by atoms with Crippen molar-refractivity contribution in [2.75, 3.05) is 49.3 Å². The number of thiocarbonyl (C=S) groups is 1. The van der Waals surface area contributed by atoms with E-state index in [2.05, 4.69) is 41.2 Å². The third-order valence-electron chi connectivity index (χ3n) is 11.9. The van der Waals surface area contributed by atoms with Crippen LogP contribution in [0.3, 0.4) is 0 Å². The fraction of sp³-hybridized carbons (Fsp3) is 0.302. The first-order valence-electron chi connectivity index (χ1n) is 24.3. The number of phenolic OH excluding ortho intramolecular Hbond substituents is 1. The number of phenols is 1. The number of ether oxygens (including phenoxy) is 2. The third kappa shape index (κ3) is 15.4. The fourth-order valence-electron chi connectivity index (χ4n) is 8.06. The number of nitrogen functional groups attached to an aromatic ring is 1. The molecule has 1 aliphatic heterocycles. The van der Waals surface area contributed by atoms with Crippen molar-refractivity contribution in [3.63, 3.8) is 0 Å². The Hall–Kier alpha value is -8.67. The van der Waals surface area contributed by atoms with Gasteiger partial charge in [0.05, 0.1) is 37.2 Å². The first-order valence-corrected chi connectivity index (χ1v) is 24.7. The van der Waals surface area contributed by atoms with E-state index in [1.165, 1.54) is 48.7 Å². The van der Waals surface area contributed by atoms with Gasteiger partial charge in [0.1, 0.15) is 34.7 Å². The zero-order chi connectivity index (χ0) is 54.1. The number of nitrogens with zero attached hydrogens (tertiary/aromatic N) is 3. The maximum atomic E-state index is 12.9. The van der Waals surface area contributed by atoms with Crippen molar-refractivity contribution >= 4 is 86.2 Å². The van der Waals surface area contributed by atoms with Gasteiger partial charge in [-0.1, -0.05) is 6.07 Å². The fourth-order valence-corrected chi connectivity index (χ4v) is 8.28. The molecule has 396 valence electrons. The lowest BCUT2D eigenvalue weighted by Gasteiger charge is -2.18. The Kier molecular flexibility index (Phi) is 19.2. The lowest BCUT2D eigenvalue weighted by atomic mass is 9.90. The van der Waals surface area contributed by atoms with Crippen LogP contribution in [-0.2, 0) is 30.4 Å². The molecular formula is C53H55N9O13S. The first-order chi connectivity index (χ1) is 36.6. The Morgan fingerprint density at radius 2 is 1.49 bits per heavy atom. The number of hydrogen-bond donors (Lipinski definition) is 9. The van der Waals surface area contributed by atoms with Crippen molar-refractivity contribution < 1.29 is 53.2 Å². The molecule has 76 heavy (non-hydrogen) atoms. The van der Waals surface area contributed by atoms with E-state index in [4.69, 9.17) is 31.8 Å². The summed E-state index contributed by atoms with van der Waals surface area (Å²) < 4.78 is 17.2. The number of anilines is 3. The van der Waals surface area contributed by atoms with Crippen LogP contribution in [0.15, 0.2) is 99.1 Å². The third-order valence-corrected chi connectivity index (χ3v) is 12.2. The van der Waals surface area contributed by atoms with E-state index in [9.17, 15) is 48.9 Å². The summed E-state index contributed by atoms with van der Waals surface area (Å²) in [5.74, 6) is -2.99. The van der Waals surface area contributed by atoms with Gasteiger partial charge in [-0.3, -0.25) is 29.0 Å². The minimum atomic E-state index is -1.26.